The van der Waals surface area contributed by atoms with Crippen LogP contribution in [-0.4, -0.2) is 11.4 Å². The molecule has 2 nitrogen and oxygen atoms in total. The molecule has 0 aromatic heterocycles. The summed E-state index contributed by atoms with van der Waals surface area (Å²) in [5.41, 5.74) is 0.0274. The van der Waals surface area contributed by atoms with Gasteiger partial charge in [-0.15, -0.1) is 0 Å². The number of allylic oxidation sites excluding steroid dienone is 1. The van der Waals surface area contributed by atoms with Crippen LogP contribution in [0.5, 0.6) is 0 Å². The number of rotatable bonds is 2. The van der Waals surface area contributed by atoms with Gasteiger partial charge in [0.15, 0.2) is 5.60 Å². The smallest absolute Gasteiger partial charge is 0.201 e. The Hall–Kier alpha value is -1.64. The first-order valence-electron chi connectivity index (χ1n) is 5.16. The molecule has 0 spiro atoms. The van der Waals surface area contributed by atoms with E-state index in [2.05, 4.69) is 0 Å². The molecule has 0 saturated heterocycles. The molecule has 1 heterocycles. The van der Waals surface area contributed by atoms with Crippen LogP contribution in [0.1, 0.15) is 19.4 Å². The zero-order chi connectivity index (χ0) is 11.8. The van der Waals surface area contributed by atoms with Gasteiger partial charge in [-0.25, -0.2) is 4.39 Å². The fourth-order valence-electron chi connectivity index (χ4n) is 1.66. The van der Waals surface area contributed by atoms with Gasteiger partial charge in [0.25, 0.3) is 0 Å². The second kappa shape index (κ2) is 3.74. The Bertz CT molecular complexity index is 461. The Balaban J connectivity index is 2.13. The van der Waals surface area contributed by atoms with E-state index in [4.69, 9.17) is 4.74 Å². The fourth-order valence-corrected chi connectivity index (χ4v) is 1.66. The molecule has 1 aromatic carbocycles. The molecule has 0 radical (unpaired) electrons. The summed E-state index contributed by atoms with van der Waals surface area (Å²) < 4.78 is 18.4. The normalized spacial score (nSPS) is 18.2. The van der Waals surface area contributed by atoms with Gasteiger partial charge in [-0.2, -0.15) is 0 Å². The number of benzene rings is 1. The van der Waals surface area contributed by atoms with Crippen molar-refractivity contribution in [1.82, 2.24) is 0 Å². The van der Waals surface area contributed by atoms with Crippen molar-refractivity contribution in [3.8, 4) is 0 Å². The van der Waals surface area contributed by atoms with Gasteiger partial charge in [0, 0.05) is 12.5 Å². The van der Waals surface area contributed by atoms with Crippen LogP contribution < -0.4 is 0 Å². The molecular weight excluding hydrogens is 207 g/mol. The quantitative estimate of drug-likeness (QED) is 0.765. The first-order chi connectivity index (χ1) is 7.47. The summed E-state index contributed by atoms with van der Waals surface area (Å²) >= 11 is 0. The first kappa shape index (κ1) is 10.9. The number of hydrogen-bond acceptors (Lipinski definition) is 2. The van der Waals surface area contributed by atoms with Crippen molar-refractivity contribution in [2.75, 3.05) is 0 Å². The molecule has 0 N–H and O–H groups in total. The van der Waals surface area contributed by atoms with Crippen molar-refractivity contribution in [2.24, 2.45) is 0 Å². The van der Waals surface area contributed by atoms with Gasteiger partial charge in [-0.05, 0) is 31.5 Å². The van der Waals surface area contributed by atoms with E-state index in [1.54, 1.807) is 19.9 Å². The topological polar surface area (TPSA) is 26.3 Å². The fraction of sp³-hybridized carbons (Fsp3) is 0.308. The molecule has 0 bridgehead atoms. The highest BCUT2D eigenvalue weighted by molar-refractivity contribution is 5.98. The molecule has 0 unspecified atom stereocenters. The highest BCUT2D eigenvalue weighted by Crippen LogP contribution is 2.26. The molecular formula is C13H13FO2. The van der Waals surface area contributed by atoms with E-state index in [0.29, 0.717) is 12.2 Å². The lowest BCUT2D eigenvalue weighted by atomic mass is 10.1. The van der Waals surface area contributed by atoms with E-state index in [9.17, 15) is 9.18 Å². The lowest BCUT2D eigenvalue weighted by molar-refractivity contribution is -0.127. The number of carbonyl (C=O) groups excluding carboxylic acids is 1. The van der Waals surface area contributed by atoms with Crippen molar-refractivity contribution >= 4 is 5.78 Å². The van der Waals surface area contributed by atoms with Crippen molar-refractivity contribution in [3.63, 3.8) is 0 Å². The number of carbonyl (C=O) groups is 1. The van der Waals surface area contributed by atoms with Crippen LogP contribution in [0.3, 0.4) is 0 Å². The summed E-state index contributed by atoms with van der Waals surface area (Å²) in [6.45, 7) is 3.45. The zero-order valence-corrected chi connectivity index (χ0v) is 9.29. The van der Waals surface area contributed by atoms with E-state index in [-0.39, 0.29) is 11.6 Å². The lowest BCUT2D eigenvalue weighted by Gasteiger charge is -2.18. The van der Waals surface area contributed by atoms with Crippen LogP contribution in [-0.2, 0) is 16.0 Å². The van der Waals surface area contributed by atoms with E-state index < -0.39 is 5.60 Å². The summed E-state index contributed by atoms with van der Waals surface area (Å²) in [4.78, 5) is 11.5. The summed E-state index contributed by atoms with van der Waals surface area (Å²) in [6, 6.07) is 6.29. The second-order valence-corrected chi connectivity index (χ2v) is 4.39. The van der Waals surface area contributed by atoms with Crippen LogP contribution in [0.25, 0.3) is 0 Å². The number of ether oxygens (including phenoxy) is 1. The molecule has 0 amide bonds. The molecule has 1 aliphatic heterocycles. The minimum Gasteiger partial charge on any atom is -0.484 e. The molecule has 16 heavy (non-hydrogen) atoms. The Labute approximate surface area is 93.7 Å². The summed E-state index contributed by atoms with van der Waals surface area (Å²) in [6.07, 6.45) is 1.94. The third-order valence-electron chi connectivity index (χ3n) is 2.54. The van der Waals surface area contributed by atoms with Crippen molar-refractivity contribution in [3.05, 3.63) is 47.5 Å². The van der Waals surface area contributed by atoms with E-state index >= 15 is 0 Å². The molecule has 2 rings (SSSR count). The van der Waals surface area contributed by atoms with Crippen LogP contribution >= 0.6 is 0 Å². The molecule has 84 valence electrons. The highest BCUT2D eigenvalue weighted by Gasteiger charge is 2.34. The average molecular weight is 220 g/mol. The van der Waals surface area contributed by atoms with Gasteiger partial charge in [-0.3, -0.25) is 4.79 Å². The summed E-state index contributed by atoms with van der Waals surface area (Å²) in [7, 11) is 0. The van der Waals surface area contributed by atoms with Crippen LogP contribution in [0.4, 0.5) is 4.39 Å². The van der Waals surface area contributed by atoms with Gasteiger partial charge < -0.3 is 4.74 Å². The molecule has 3 heteroatoms. The predicted molar refractivity (Wildman–Crippen MR) is 58.4 cm³/mol. The SMILES string of the molecule is CC1(C)OC(Cc2cccc(F)c2)=CC1=O. The van der Waals surface area contributed by atoms with Crippen molar-refractivity contribution < 1.29 is 13.9 Å². The molecule has 1 aromatic rings. The van der Waals surface area contributed by atoms with Gasteiger partial charge in [-0.1, -0.05) is 12.1 Å². The van der Waals surface area contributed by atoms with Crippen molar-refractivity contribution in [2.45, 2.75) is 25.9 Å². The highest BCUT2D eigenvalue weighted by atomic mass is 19.1. The Morgan fingerprint density at radius 1 is 1.38 bits per heavy atom. The molecule has 0 saturated carbocycles. The third kappa shape index (κ3) is 2.13. The number of hydrogen-bond donors (Lipinski definition) is 0. The van der Waals surface area contributed by atoms with Gasteiger partial charge >= 0.3 is 0 Å². The van der Waals surface area contributed by atoms with E-state index in [1.807, 2.05) is 6.07 Å². The van der Waals surface area contributed by atoms with Gasteiger partial charge in [0.05, 0.1) is 0 Å². The van der Waals surface area contributed by atoms with Crippen LogP contribution in [0.15, 0.2) is 36.1 Å². The zero-order valence-electron chi connectivity index (χ0n) is 9.29. The minimum absolute atomic E-state index is 0.0427. The maximum atomic E-state index is 12.9. The van der Waals surface area contributed by atoms with Gasteiger partial charge in [0.1, 0.15) is 11.6 Å². The standard InChI is InChI=1S/C13H13FO2/c1-13(2)12(15)8-11(16-13)7-9-4-3-5-10(14)6-9/h3-6,8H,7H2,1-2H3. The summed E-state index contributed by atoms with van der Waals surface area (Å²) in [5.74, 6) is 0.279. The van der Waals surface area contributed by atoms with E-state index in [0.717, 1.165) is 5.56 Å². The largest absolute Gasteiger partial charge is 0.484 e. The van der Waals surface area contributed by atoms with Gasteiger partial charge in [0.2, 0.25) is 5.78 Å². The minimum atomic E-state index is -0.775. The third-order valence-corrected chi connectivity index (χ3v) is 2.54. The predicted octanol–water partition coefficient (Wildman–Crippen LogP) is 2.63. The number of halogens is 1. The maximum absolute atomic E-state index is 12.9. The number of ketones is 1. The van der Waals surface area contributed by atoms with Crippen molar-refractivity contribution in [1.29, 1.82) is 0 Å². The first-order valence-corrected chi connectivity index (χ1v) is 5.16. The van der Waals surface area contributed by atoms with E-state index in [1.165, 1.54) is 18.2 Å². The Morgan fingerprint density at radius 2 is 2.12 bits per heavy atom. The summed E-state index contributed by atoms with van der Waals surface area (Å²) in [5, 5.41) is 0. The van der Waals surface area contributed by atoms with Crippen LogP contribution in [0.2, 0.25) is 0 Å². The molecule has 1 aliphatic rings. The van der Waals surface area contributed by atoms with Crippen LogP contribution in [0, 0.1) is 5.82 Å². The average Bonchev–Trinajstić information content (AvgIpc) is 2.40. The molecule has 0 fully saturated rings. The second-order valence-electron chi connectivity index (χ2n) is 4.39. The lowest BCUT2D eigenvalue weighted by Crippen LogP contribution is -2.27. The molecule has 0 atom stereocenters. The monoisotopic (exact) mass is 220 g/mol. The maximum Gasteiger partial charge on any atom is 0.201 e. The Kier molecular flexibility index (Phi) is 2.54. The molecule has 0 aliphatic carbocycles. The Morgan fingerprint density at radius 3 is 2.69 bits per heavy atom.